The molecule has 1 heterocycles. The van der Waals surface area contributed by atoms with Crippen molar-refractivity contribution in [3.05, 3.63) is 35.9 Å². The van der Waals surface area contributed by atoms with Crippen molar-refractivity contribution in [3.63, 3.8) is 0 Å². The van der Waals surface area contributed by atoms with E-state index in [1.165, 1.54) is 25.7 Å². The molecule has 2 aromatic rings. The highest BCUT2D eigenvalue weighted by Gasteiger charge is 2.21. The fourth-order valence-corrected chi connectivity index (χ4v) is 3.01. The Kier molecular flexibility index (Phi) is 3.30. The molecule has 1 saturated carbocycles. The summed E-state index contributed by atoms with van der Waals surface area (Å²) in [7, 11) is 2.07. The second kappa shape index (κ2) is 5.12. The minimum atomic E-state index is -0.908. The van der Waals surface area contributed by atoms with Gasteiger partial charge in [-0.1, -0.05) is 18.9 Å². The molecule has 1 aromatic heterocycles. The van der Waals surface area contributed by atoms with E-state index in [1.807, 2.05) is 18.2 Å². The molecule has 3 rings (SSSR count). The zero-order chi connectivity index (χ0) is 14.1. The third kappa shape index (κ3) is 2.22. The van der Waals surface area contributed by atoms with E-state index < -0.39 is 5.97 Å². The number of anilines is 1. The highest BCUT2D eigenvalue weighted by Crippen LogP contribution is 2.27. The summed E-state index contributed by atoms with van der Waals surface area (Å²) in [5.41, 5.74) is 1.05. The normalized spacial score (nSPS) is 15.7. The summed E-state index contributed by atoms with van der Waals surface area (Å²) in [5.74, 6) is 0.0150. The van der Waals surface area contributed by atoms with Gasteiger partial charge in [0.15, 0.2) is 0 Å². The lowest BCUT2D eigenvalue weighted by atomic mass is 10.1. The van der Waals surface area contributed by atoms with Gasteiger partial charge in [-0.2, -0.15) is 0 Å². The van der Waals surface area contributed by atoms with Crippen LogP contribution in [0.1, 0.15) is 36.0 Å². The van der Waals surface area contributed by atoms with Crippen molar-refractivity contribution in [3.8, 4) is 0 Å². The summed E-state index contributed by atoms with van der Waals surface area (Å²) in [5, 5.41) is 9.89. The van der Waals surface area contributed by atoms with E-state index in [2.05, 4.69) is 16.9 Å². The van der Waals surface area contributed by atoms with Crippen molar-refractivity contribution < 1.29 is 9.90 Å². The molecule has 4 nitrogen and oxygen atoms in total. The van der Waals surface area contributed by atoms with E-state index in [0.717, 1.165) is 11.3 Å². The lowest BCUT2D eigenvalue weighted by Gasteiger charge is -2.25. The zero-order valence-electron chi connectivity index (χ0n) is 11.5. The van der Waals surface area contributed by atoms with E-state index in [9.17, 15) is 9.90 Å². The number of carboxylic acids is 1. The van der Waals surface area contributed by atoms with Crippen molar-refractivity contribution >= 4 is 22.7 Å². The predicted molar refractivity (Wildman–Crippen MR) is 79.4 cm³/mol. The lowest BCUT2D eigenvalue weighted by Crippen LogP contribution is -2.29. The largest absolute Gasteiger partial charge is 0.478 e. The van der Waals surface area contributed by atoms with Gasteiger partial charge < -0.3 is 10.0 Å². The average molecular weight is 270 g/mol. The Labute approximate surface area is 118 Å². The molecular formula is C16H18N2O2. The van der Waals surface area contributed by atoms with Crippen LogP contribution in [-0.4, -0.2) is 29.1 Å². The zero-order valence-corrected chi connectivity index (χ0v) is 11.5. The average Bonchev–Trinajstić information content (AvgIpc) is 2.99. The van der Waals surface area contributed by atoms with Crippen molar-refractivity contribution in [2.45, 2.75) is 31.7 Å². The summed E-state index contributed by atoms with van der Waals surface area (Å²) in [4.78, 5) is 18.1. The molecule has 4 heteroatoms. The molecule has 0 amide bonds. The van der Waals surface area contributed by atoms with E-state index in [0.29, 0.717) is 17.0 Å². The number of benzene rings is 1. The topological polar surface area (TPSA) is 53.4 Å². The Bertz CT molecular complexity index is 648. The van der Waals surface area contributed by atoms with Gasteiger partial charge in [-0.05, 0) is 37.1 Å². The summed E-state index contributed by atoms with van der Waals surface area (Å²) in [6.45, 7) is 0. The van der Waals surface area contributed by atoms with Gasteiger partial charge in [0.2, 0.25) is 0 Å². The number of fused-ring (bicyclic) bond motifs is 1. The van der Waals surface area contributed by atoms with Crippen LogP contribution in [0.25, 0.3) is 10.9 Å². The number of hydrogen-bond acceptors (Lipinski definition) is 3. The van der Waals surface area contributed by atoms with Crippen LogP contribution in [0.2, 0.25) is 0 Å². The molecule has 0 atom stereocenters. The second-order valence-corrected chi connectivity index (χ2v) is 5.40. The maximum atomic E-state index is 11.2. The maximum absolute atomic E-state index is 11.2. The molecular weight excluding hydrogens is 252 g/mol. The lowest BCUT2D eigenvalue weighted by molar-refractivity contribution is 0.0699. The van der Waals surface area contributed by atoms with Crippen molar-refractivity contribution in [1.82, 2.24) is 4.98 Å². The molecule has 104 valence electrons. The molecule has 0 spiro atoms. The van der Waals surface area contributed by atoms with E-state index in [4.69, 9.17) is 0 Å². The molecule has 0 aliphatic heterocycles. The smallest absolute Gasteiger partial charge is 0.336 e. The Hall–Kier alpha value is -2.10. The minimum absolute atomic E-state index is 0.310. The molecule has 0 radical (unpaired) electrons. The third-order valence-corrected chi connectivity index (χ3v) is 4.18. The summed E-state index contributed by atoms with van der Waals surface area (Å²) >= 11 is 0. The Morgan fingerprint density at radius 3 is 2.70 bits per heavy atom. The number of aromatic carboxylic acids is 1. The number of hydrogen-bond donors (Lipinski definition) is 1. The molecule has 1 aromatic carbocycles. The fourth-order valence-electron chi connectivity index (χ4n) is 3.01. The predicted octanol–water partition coefficient (Wildman–Crippen LogP) is 3.31. The highest BCUT2D eigenvalue weighted by molar-refractivity contribution is 6.02. The number of nitrogens with zero attached hydrogens (tertiary/aromatic N) is 2. The van der Waals surface area contributed by atoms with Crippen molar-refractivity contribution in [2.24, 2.45) is 0 Å². The third-order valence-electron chi connectivity index (χ3n) is 4.18. The Morgan fingerprint density at radius 1 is 1.25 bits per heavy atom. The first-order valence-electron chi connectivity index (χ1n) is 7.03. The van der Waals surface area contributed by atoms with Crippen LogP contribution in [0, 0.1) is 0 Å². The fraction of sp³-hybridized carbons (Fsp3) is 0.375. The van der Waals surface area contributed by atoms with Gasteiger partial charge in [0, 0.05) is 18.5 Å². The van der Waals surface area contributed by atoms with Crippen LogP contribution in [-0.2, 0) is 0 Å². The molecule has 1 aliphatic carbocycles. The Balaban J connectivity index is 2.00. The van der Waals surface area contributed by atoms with Gasteiger partial charge in [0.05, 0.1) is 11.1 Å². The van der Waals surface area contributed by atoms with E-state index in [1.54, 1.807) is 12.1 Å². The van der Waals surface area contributed by atoms with Gasteiger partial charge in [-0.15, -0.1) is 0 Å². The van der Waals surface area contributed by atoms with Crippen molar-refractivity contribution in [1.29, 1.82) is 0 Å². The second-order valence-electron chi connectivity index (χ2n) is 5.40. The molecule has 1 aliphatic rings. The summed E-state index contributed by atoms with van der Waals surface area (Å²) in [6.07, 6.45) is 4.99. The van der Waals surface area contributed by atoms with Gasteiger partial charge in [0.25, 0.3) is 0 Å². The quantitative estimate of drug-likeness (QED) is 0.929. The van der Waals surface area contributed by atoms with Gasteiger partial charge in [0.1, 0.15) is 5.82 Å². The number of pyridine rings is 1. The number of aromatic nitrogens is 1. The highest BCUT2D eigenvalue weighted by atomic mass is 16.4. The van der Waals surface area contributed by atoms with E-state index in [-0.39, 0.29) is 0 Å². The molecule has 0 saturated heterocycles. The van der Waals surface area contributed by atoms with Crippen LogP contribution < -0.4 is 4.90 Å². The first kappa shape index (κ1) is 12.9. The monoisotopic (exact) mass is 270 g/mol. The maximum Gasteiger partial charge on any atom is 0.336 e. The minimum Gasteiger partial charge on any atom is -0.478 e. The van der Waals surface area contributed by atoms with Crippen LogP contribution >= 0.6 is 0 Å². The molecule has 1 fully saturated rings. The Morgan fingerprint density at radius 2 is 2.00 bits per heavy atom. The first-order chi connectivity index (χ1) is 9.66. The molecule has 1 N–H and O–H groups in total. The summed E-state index contributed by atoms with van der Waals surface area (Å²) < 4.78 is 0. The SMILES string of the molecule is CN(c1ccc2c(C(=O)O)cccc2n1)C1CCCC1. The van der Waals surface area contributed by atoms with Crippen LogP contribution in [0.4, 0.5) is 5.82 Å². The number of carboxylic acid groups (broad SMARTS) is 1. The number of carbonyl (C=O) groups is 1. The molecule has 0 bridgehead atoms. The van der Waals surface area contributed by atoms with Gasteiger partial charge >= 0.3 is 5.97 Å². The standard InChI is InChI=1S/C16H18N2O2/c1-18(11-5-2-3-6-11)15-10-9-12-13(16(19)20)7-4-8-14(12)17-15/h4,7-11H,2-3,5-6H2,1H3,(H,19,20). The van der Waals surface area contributed by atoms with Crippen LogP contribution in [0.3, 0.4) is 0 Å². The first-order valence-corrected chi connectivity index (χ1v) is 7.03. The van der Waals surface area contributed by atoms with Crippen molar-refractivity contribution in [2.75, 3.05) is 11.9 Å². The molecule has 20 heavy (non-hydrogen) atoms. The van der Waals surface area contributed by atoms with E-state index >= 15 is 0 Å². The van der Waals surface area contributed by atoms with Gasteiger partial charge in [-0.3, -0.25) is 0 Å². The molecule has 0 unspecified atom stereocenters. The van der Waals surface area contributed by atoms with Gasteiger partial charge in [-0.25, -0.2) is 9.78 Å². The summed E-state index contributed by atoms with van der Waals surface area (Å²) in [6, 6.07) is 9.58. The van der Waals surface area contributed by atoms with Crippen LogP contribution in [0.15, 0.2) is 30.3 Å². The van der Waals surface area contributed by atoms with Crippen LogP contribution in [0.5, 0.6) is 0 Å². The number of rotatable bonds is 3.